The minimum Gasteiger partial charge on any atom is -0.332 e. The number of anilines is 1. The molecule has 0 aliphatic carbocycles. The predicted octanol–water partition coefficient (Wildman–Crippen LogP) is 3.16. The van der Waals surface area contributed by atoms with Crippen LogP contribution in [0.5, 0.6) is 0 Å². The molecule has 0 atom stereocenters. The zero-order chi connectivity index (χ0) is 20.4. The highest BCUT2D eigenvalue weighted by molar-refractivity contribution is 6.01. The van der Waals surface area contributed by atoms with E-state index in [-0.39, 0.29) is 18.0 Å². The zero-order valence-electron chi connectivity index (χ0n) is 16.4. The van der Waals surface area contributed by atoms with Crippen LogP contribution in [0.4, 0.5) is 5.69 Å². The van der Waals surface area contributed by atoms with E-state index in [0.717, 1.165) is 27.8 Å². The van der Waals surface area contributed by atoms with E-state index >= 15 is 0 Å². The second kappa shape index (κ2) is 7.68. The first-order chi connectivity index (χ1) is 13.3. The maximum atomic E-state index is 12.7. The molecule has 28 heavy (non-hydrogen) atoms. The number of hydrogen-bond acceptors (Lipinski definition) is 3. The lowest BCUT2D eigenvalue weighted by molar-refractivity contribution is -0.116. The lowest BCUT2D eigenvalue weighted by atomic mass is 10.1. The number of para-hydroxylation sites is 1. The summed E-state index contributed by atoms with van der Waals surface area (Å²) in [6.45, 7) is 5.70. The minimum absolute atomic E-state index is 0.0108. The molecule has 6 heteroatoms. The Morgan fingerprint density at radius 3 is 2.36 bits per heavy atom. The molecule has 0 aliphatic rings. The molecule has 3 aromatic rings. The summed E-state index contributed by atoms with van der Waals surface area (Å²) in [5.41, 5.74) is 4.00. The van der Waals surface area contributed by atoms with Crippen molar-refractivity contribution >= 4 is 28.4 Å². The summed E-state index contributed by atoms with van der Waals surface area (Å²) in [5.74, 6) is -0.817. The van der Waals surface area contributed by atoms with Crippen molar-refractivity contribution in [3.63, 3.8) is 0 Å². The Hall–Kier alpha value is -3.41. The number of nitrogens with one attached hydrogen (secondary N) is 2. The van der Waals surface area contributed by atoms with Crippen LogP contribution in [0.15, 0.2) is 47.3 Å². The van der Waals surface area contributed by atoms with Gasteiger partial charge in [0, 0.05) is 18.3 Å². The van der Waals surface area contributed by atoms with Crippen molar-refractivity contribution in [3.8, 4) is 0 Å². The molecule has 0 fully saturated rings. The Morgan fingerprint density at radius 1 is 1.04 bits per heavy atom. The predicted molar refractivity (Wildman–Crippen MR) is 111 cm³/mol. The summed E-state index contributed by atoms with van der Waals surface area (Å²) in [5, 5.41) is 3.63. The number of rotatable bonds is 4. The van der Waals surface area contributed by atoms with E-state index in [0.29, 0.717) is 5.52 Å². The van der Waals surface area contributed by atoms with Crippen molar-refractivity contribution in [3.05, 3.63) is 75.1 Å². The monoisotopic (exact) mass is 377 g/mol. The molecule has 0 saturated heterocycles. The van der Waals surface area contributed by atoms with Gasteiger partial charge >= 0.3 is 0 Å². The molecule has 2 aromatic carbocycles. The van der Waals surface area contributed by atoms with E-state index in [9.17, 15) is 14.4 Å². The maximum absolute atomic E-state index is 12.7. The van der Waals surface area contributed by atoms with Gasteiger partial charge in [0.25, 0.3) is 11.5 Å². The first-order valence-electron chi connectivity index (χ1n) is 9.01. The lowest BCUT2D eigenvalue weighted by Crippen LogP contribution is -2.37. The number of aromatic nitrogens is 1. The van der Waals surface area contributed by atoms with E-state index in [2.05, 4.69) is 10.3 Å². The van der Waals surface area contributed by atoms with Crippen molar-refractivity contribution in [2.24, 2.45) is 0 Å². The van der Waals surface area contributed by atoms with E-state index in [4.69, 9.17) is 0 Å². The second-order valence-corrected chi connectivity index (χ2v) is 7.08. The molecule has 144 valence electrons. The highest BCUT2D eigenvalue weighted by Crippen LogP contribution is 2.21. The number of carbonyl (C=O) groups excluding carboxylic acids is 2. The molecule has 1 aromatic heterocycles. The number of aromatic amines is 1. The van der Waals surface area contributed by atoms with E-state index in [1.165, 1.54) is 11.9 Å². The number of benzene rings is 2. The van der Waals surface area contributed by atoms with Crippen molar-refractivity contribution in [2.75, 3.05) is 18.9 Å². The molecule has 0 bridgehead atoms. The van der Waals surface area contributed by atoms with Crippen molar-refractivity contribution in [1.82, 2.24) is 9.88 Å². The summed E-state index contributed by atoms with van der Waals surface area (Å²) in [6.07, 6.45) is 0. The molecule has 2 amide bonds. The molecule has 2 N–H and O–H groups in total. The molecule has 0 aliphatic heterocycles. The van der Waals surface area contributed by atoms with Gasteiger partial charge < -0.3 is 15.2 Å². The number of fused-ring (bicyclic) bond motifs is 1. The van der Waals surface area contributed by atoms with Gasteiger partial charge in [-0.05, 0) is 49.4 Å². The van der Waals surface area contributed by atoms with Crippen LogP contribution in [-0.2, 0) is 4.79 Å². The number of amides is 2. The average molecular weight is 377 g/mol. The molecule has 6 nitrogen and oxygen atoms in total. The van der Waals surface area contributed by atoms with Crippen LogP contribution in [-0.4, -0.2) is 35.3 Å². The highest BCUT2D eigenvalue weighted by Gasteiger charge is 2.19. The van der Waals surface area contributed by atoms with Crippen molar-refractivity contribution < 1.29 is 9.59 Å². The van der Waals surface area contributed by atoms with Gasteiger partial charge in [-0.15, -0.1) is 0 Å². The van der Waals surface area contributed by atoms with Gasteiger partial charge in [-0.2, -0.15) is 0 Å². The van der Waals surface area contributed by atoms with Crippen LogP contribution in [0.2, 0.25) is 0 Å². The fraction of sp³-hybridized carbons (Fsp3) is 0.227. The molecule has 0 radical (unpaired) electrons. The number of H-pyrrole nitrogens is 1. The summed E-state index contributed by atoms with van der Waals surface area (Å²) >= 11 is 0. The van der Waals surface area contributed by atoms with Gasteiger partial charge in [-0.25, -0.2) is 0 Å². The Bertz CT molecular complexity index is 1110. The quantitative estimate of drug-likeness (QED) is 0.733. The average Bonchev–Trinajstić information content (AvgIpc) is 2.63. The number of aryl methyl sites for hydroxylation is 3. The zero-order valence-corrected chi connectivity index (χ0v) is 16.4. The van der Waals surface area contributed by atoms with Gasteiger partial charge in [-0.1, -0.05) is 35.9 Å². The molecule has 0 spiro atoms. The highest BCUT2D eigenvalue weighted by atomic mass is 16.2. The van der Waals surface area contributed by atoms with Crippen molar-refractivity contribution in [1.29, 1.82) is 0 Å². The number of carbonyl (C=O) groups is 2. The van der Waals surface area contributed by atoms with Crippen molar-refractivity contribution in [2.45, 2.75) is 20.8 Å². The molecule has 0 saturated carbocycles. The van der Waals surface area contributed by atoms with E-state index < -0.39 is 11.5 Å². The Balaban J connectivity index is 1.77. The van der Waals surface area contributed by atoms with Gasteiger partial charge in [-0.3, -0.25) is 14.4 Å². The summed E-state index contributed by atoms with van der Waals surface area (Å²) in [6, 6.07) is 12.8. The fourth-order valence-corrected chi connectivity index (χ4v) is 3.36. The molecular weight excluding hydrogens is 354 g/mol. The third-order valence-electron chi connectivity index (χ3n) is 4.65. The standard InChI is InChI=1S/C22H23N3O3/c1-13-9-14(2)20(15(3)10-13)24-19(26)12-25(4)22(28)17-11-16-7-5-6-8-18(16)23-21(17)27/h5-11H,12H2,1-4H3,(H,23,27)(H,24,26). The number of likely N-dealkylation sites (N-methyl/N-ethyl adjacent to an activating group) is 1. The second-order valence-electron chi connectivity index (χ2n) is 7.08. The number of pyridine rings is 1. The molecular formula is C22H23N3O3. The van der Waals surface area contributed by atoms with Gasteiger partial charge in [0.15, 0.2) is 0 Å². The van der Waals surface area contributed by atoms with Crippen LogP contribution in [0, 0.1) is 20.8 Å². The van der Waals surface area contributed by atoms with Gasteiger partial charge in [0.2, 0.25) is 5.91 Å². The van der Waals surface area contributed by atoms with Crippen LogP contribution < -0.4 is 10.9 Å². The van der Waals surface area contributed by atoms with E-state index in [1.807, 2.05) is 51.1 Å². The lowest BCUT2D eigenvalue weighted by Gasteiger charge is -2.18. The third-order valence-corrected chi connectivity index (χ3v) is 4.65. The first kappa shape index (κ1) is 19.4. The number of hydrogen-bond donors (Lipinski definition) is 2. The first-order valence-corrected chi connectivity index (χ1v) is 9.01. The Kier molecular flexibility index (Phi) is 5.31. The van der Waals surface area contributed by atoms with Crippen LogP contribution in [0.1, 0.15) is 27.0 Å². The maximum Gasteiger partial charge on any atom is 0.261 e. The third kappa shape index (κ3) is 3.96. The summed E-state index contributed by atoms with van der Waals surface area (Å²) in [7, 11) is 1.51. The smallest absolute Gasteiger partial charge is 0.261 e. The van der Waals surface area contributed by atoms with Crippen LogP contribution >= 0.6 is 0 Å². The SMILES string of the molecule is Cc1cc(C)c(NC(=O)CN(C)C(=O)c2cc3ccccc3[nH]c2=O)c(C)c1. The summed E-state index contributed by atoms with van der Waals surface area (Å²) in [4.78, 5) is 41.4. The van der Waals surface area contributed by atoms with Gasteiger partial charge in [0.05, 0.1) is 6.54 Å². The fourth-order valence-electron chi connectivity index (χ4n) is 3.36. The molecule has 3 rings (SSSR count). The molecule has 0 unspecified atom stereocenters. The normalized spacial score (nSPS) is 10.7. The van der Waals surface area contributed by atoms with E-state index in [1.54, 1.807) is 12.1 Å². The van der Waals surface area contributed by atoms with Crippen LogP contribution in [0.25, 0.3) is 10.9 Å². The largest absolute Gasteiger partial charge is 0.332 e. The van der Waals surface area contributed by atoms with Gasteiger partial charge in [0.1, 0.15) is 5.56 Å². The molecule has 1 heterocycles. The minimum atomic E-state index is -0.500. The Morgan fingerprint density at radius 2 is 1.68 bits per heavy atom. The number of nitrogens with zero attached hydrogens (tertiary/aromatic N) is 1. The topological polar surface area (TPSA) is 82.3 Å². The Labute approximate surface area is 163 Å². The summed E-state index contributed by atoms with van der Waals surface area (Å²) < 4.78 is 0. The van der Waals surface area contributed by atoms with Crippen LogP contribution in [0.3, 0.4) is 0 Å².